The predicted octanol–water partition coefficient (Wildman–Crippen LogP) is 2.60. The predicted molar refractivity (Wildman–Crippen MR) is 123 cm³/mol. The summed E-state index contributed by atoms with van der Waals surface area (Å²) >= 11 is 0. The summed E-state index contributed by atoms with van der Waals surface area (Å²) in [4.78, 5) is 29.8. The van der Waals surface area contributed by atoms with Gasteiger partial charge >= 0.3 is 0 Å². The Kier molecular flexibility index (Phi) is 7.89. The molecule has 1 aliphatic heterocycles. The second-order valence-electron chi connectivity index (χ2n) is 8.22. The molecule has 2 aromatic carbocycles. The number of para-hydroxylation sites is 1. The average Bonchev–Trinajstić information content (AvgIpc) is 2.77. The molecule has 166 valence electrons. The first-order valence-corrected chi connectivity index (χ1v) is 10.7. The van der Waals surface area contributed by atoms with Gasteiger partial charge in [0.2, 0.25) is 5.91 Å². The Labute approximate surface area is 184 Å². The molecule has 2 aromatic rings. The van der Waals surface area contributed by atoms with Crippen molar-refractivity contribution in [1.82, 2.24) is 10.2 Å². The molecule has 2 N–H and O–H groups in total. The van der Waals surface area contributed by atoms with E-state index < -0.39 is 6.04 Å². The van der Waals surface area contributed by atoms with E-state index in [1.54, 1.807) is 12.1 Å². The topological polar surface area (TPSA) is 73.9 Å². The monoisotopic (exact) mass is 424 g/mol. The van der Waals surface area contributed by atoms with E-state index in [1.807, 2.05) is 56.3 Å². The van der Waals surface area contributed by atoms with Crippen LogP contribution in [0.3, 0.4) is 0 Å². The summed E-state index contributed by atoms with van der Waals surface area (Å²) in [6, 6.07) is 16.3. The zero-order valence-corrected chi connectivity index (χ0v) is 18.5. The van der Waals surface area contributed by atoms with Crippen LogP contribution >= 0.6 is 0 Å². The highest BCUT2D eigenvalue weighted by molar-refractivity contribution is 5.97. The number of benzene rings is 2. The van der Waals surface area contributed by atoms with Gasteiger partial charge in [0.25, 0.3) is 5.91 Å². The molecule has 0 bridgehead atoms. The fourth-order valence-corrected chi connectivity index (χ4v) is 3.46. The third kappa shape index (κ3) is 6.72. The van der Waals surface area contributed by atoms with Crippen molar-refractivity contribution in [3.63, 3.8) is 0 Å². The first-order valence-electron chi connectivity index (χ1n) is 10.7. The minimum absolute atomic E-state index is 0.0645. The number of hydrogen-bond acceptors (Lipinski definition) is 5. The van der Waals surface area contributed by atoms with Crippen molar-refractivity contribution >= 4 is 23.2 Å². The third-order valence-electron chi connectivity index (χ3n) is 5.38. The van der Waals surface area contributed by atoms with E-state index in [-0.39, 0.29) is 24.3 Å². The first kappa shape index (κ1) is 22.6. The highest BCUT2D eigenvalue weighted by Gasteiger charge is 2.24. The molecule has 0 aliphatic carbocycles. The summed E-state index contributed by atoms with van der Waals surface area (Å²) < 4.78 is 5.47. The van der Waals surface area contributed by atoms with Crippen LogP contribution in [0.2, 0.25) is 0 Å². The Hall–Kier alpha value is -3.06. The van der Waals surface area contributed by atoms with Gasteiger partial charge in [0.1, 0.15) is 11.8 Å². The van der Waals surface area contributed by atoms with Gasteiger partial charge in [-0.05, 0) is 49.4 Å². The Morgan fingerprint density at radius 2 is 1.61 bits per heavy atom. The molecule has 1 aliphatic rings. The first-order chi connectivity index (χ1) is 14.9. The second kappa shape index (κ2) is 10.8. The molecule has 0 spiro atoms. The lowest BCUT2D eigenvalue weighted by molar-refractivity contribution is -0.128. The quantitative estimate of drug-likeness (QED) is 0.682. The van der Waals surface area contributed by atoms with Gasteiger partial charge in [-0.2, -0.15) is 0 Å². The maximum atomic E-state index is 12.8. The molecule has 7 nitrogen and oxygen atoms in total. The number of nitrogens with one attached hydrogen (secondary N) is 2. The van der Waals surface area contributed by atoms with Crippen LogP contribution in [0.4, 0.5) is 11.4 Å². The standard InChI is InChI=1S/C24H32N4O3/c1-18(2)23(26-22(29)17-31-21-7-5-4-6-8-21)24(30)25-19-9-11-20(12-10-19)28-15-13-27(3)14-16-28/h4-12,18,23H,13-17H2,1-3H3,(H,25,30)(H,26,29). The molecule has 2 amide bonds. The average molecular weight is 425 g/mol. The van der Waals surface area contributed by atoms with Crippen molar-refractivity contribution in [3.8, 4) is 5.75 Å². The Balaban J connectivity index is 1.53. The van der Waals surface area contributed by atoms with E-state index >= 15 is 0 Å². The van der Waals surface area contributed by atoms with Crippen LogP contribution in [0, 0.1) is 5.92 Å². The van der Waals surface area contributed by atoms with Gasteiger partial charge < -0.3 is 25.2 Å². The van der Waals surface area contributed by atoms with Crippen LogP contribution in [0.25, 0.3) is 0 Å². The molecule has 1 saturated heterocycles. The molecular weight excluding hydrogens is 392 g/mol. The van der Waals surface area contributed by atoms with E-state index in [2.05, 4.69) is 27.5 Å². The maximum Gasteiger partial charge on any atom is 0.258 e. The summed E-state index contributed by atoms with van der Waals surface area (Å²) in [6.07, 6.45) is 0. The molecular formula is C24H32N4O3. The van der Waals surface area contributed by atoms with Crippen molar-refractivity contribution in [2.45, 2.75) is 19.9 Å². The molecule has 0 radical (unpaired) electrons. The van der Waals surface area contributed by atoms with Crippen LogP contribution in [0.15, 0.2) is 54.6 Å². The second-order valence-corrected chi connectivity index (χ2v) is 8.22. The number of anilines is 2. The number of nitrogens with zero attached hydrogens (tertiary/aromatic N) is 2. The van der Waals surface area contributed by atoms with Crippen molar-refractivity contribution in [2.24, 2.45) is 5.92 Å². The number of amides is 2. The maximum absolute atomic E-state index is 12.8. The summed E-state index contributed by atoms with van der Waals surface area (Å²) in [6.45, 7) is 7.74. The SMILES string of the molecule is CC(C)C(NC(=O)COc1ccccc1)C(=O)Nc1ccc(N2CCN(C)CC2)cc1. The molecule has 1 atom stereocenters. The van der Waals surface area contributed by atoms with Crippen molar-refractivity contribution in [2.75, 3.05) is 50.1 Å². The number of ether oxygens (including phenoxy) is 1. The summed E-state index contributed by atoms with van der Waals surface area (Å²) in [7, 11) is 2.13. The number of piperazine rings is 1. The summed E-state index contributed by atoms with van der Waals surface area (Å²) in [5.41, 5.74) is 1.86. The lowest BCUT2D eigenvalue weighted by Crippen LogP contribution is -2.48. The van der Waals surface area contributed by atoms with Crippen LogP contribution < -0.4 is 20.3 Å². The molecule has 1 unspecified atom stereocenters. The Morgan fingerprint density at radius 1 is 0.968 bits per heavy atom. The highest BCUT2D eigenvalue weighted by atomic mass is 16.5. The van der Waals surface area contributed by atoms with E-state index in [9.17, 15) is 9.59 Å². The molecule has 31 heavy (non-hydrogen) atoms. The van der Waals surface area contributed by atoms with Crippen molar-refractivity contribution in [1.29, 1.82) is 0 Å². The number of hydrogen-bond donors (Lipinski definition) is 2. The molecule has 3 rings (SSSR count). The van der Waals surface area contributed by atoms with Gasteiger partial charge in [0.05, 0.1) is 0 Å². The smallest absolute Gasteiger partial charge is 0.258 e. The molecule has 1 fully saturated rings. The minimum atomic E-state index is -0.649. The Bertz CT molecular complexity index is 847. The molecule has 0 saturated carbocycles. The third-order valence-corrected chi connectivity index (χ3v) is 5.38. The largest absolute Gasteiger partial charge is 0.484 e. The fourth-order valence-electron chi connectivity index (χ4n) is 3.46. The highest BCUT2D eigenvalue weighted by Crippen LogP contribution is 2.20. The molecule has 7 heteroatoms. The van der Waals surface area contributed by atoms with Gasteiger partial charge in [-0.15, -0.1) is 0 Å². The van der Waals surface area contributed by atoms with Gasteiger partial charge in [-0.25, -0.2) is 0 Å². The number of likely N-dealkylation sites (N-methyl/N-ethyl adjacent to an activating group) is 1. The van der Waals surface area contributed by atoms with Gasteiger partial charge in [0, 0.05) is 37.6 Å². The molecule has 0 aromatic heterocycles. The van der Waals surface area contributed by atoms with E-state index in [0.29, 0.717) is 11.4 Å². The number of carbonyl (C=O) groups excluding carboxylic acids is 2. The molecule has 1 heterocycles. The van der Waals surface area contributed by atoms with Gasteiger partial charge in [-0.3, -0.25) is 9.59 Å². The van der Waals surface area contributed by atoms with Crippen molar-refractivity contribution in [3.05, 3.63) is 54.6 Å². The van der Waals surface area contributed by atoms with Gasteiger partial charge in [-0.1, -0.05) is 32.0 Å². The Morgan fingerprint density at radius 3 is 2.23 bits per heavy atom. The summed E-state index contributed by atoms with van der Waals surface area (Å²) in [5.74, 6) is -0.0209. The normalized spacial score (nSPS) is 15.4. The lowest BCUT2D eigenvalue weighted by Gasteiger charge is -2.34. The summed E-state index contributed by atoms with van der Waals surface area (Å²) in [5, 5.41) is 5.70. The number of rotatable bonds is 8. The van der Waals surface area contributed by atoms with E-state index in [0.717, 1.165) is 31.9 Å². The number of carbonyl (C=O) groups is 2. The minimum Gasteiger partial charge on any atom is -0.484 e. The zero-order valence-electron chi connectivity index (χ0n) is 18.5. The van der Waals surface area contributed by atoms with Crippen LogP contribution in [-0.2, 0) is 9.59 Å². The van der Waals surface area contributed by atoms with E-state index in [4.69, 9.17) is 4.74 Å². The fraction of sp³-hybridized carbons (Fsp3) is 0.417. The zero-order chi connectivity index (χ0) is 22.2. The van der Waals surface area contributed by atoms with Crippen LogP contribution in [0.5, 0.6) is 5.75 Å². The van der Waals surface area contributed by atoms with Gasteiger partial charge in [0.15, 0.2) is 6.61 Å². The van der Waals surface area contributed by atoms with E-state index in [1.165, 1.54) is 0 Å². The van der Waals surface area contributed by atoms with Crippen molar-refractivity contribution < 1.29 is 14.3 Å². The van der Waals surface area contributed by atoms with Crippen LogP contribution in [-0.4, -0.2) is 62.6 Å². The lowest BCUT2D eigenvalue weighted by atomic mass is 10.0. The van der Waals surface area contributed by atoms with Crippen LogP contribution in [0.1, 0.15) is 13.8 Å².